The maximum atomic E-state index is 12.8. The first kappa shape index (κ1) is 12.2. The van der Waals surface area contributed by atoms with E-state index in [0.717, 1.165) is 11.4 Å². The molecule has 2 rings (SSSR count). The van der Waals surface area contributed by atoms with E-state index in [-0.39, 0.29) is 5.82 Å². The van der Waals surface area contributed by atoms with Gasteiger partial charge in [0.15, 0.2) is 11.5 Å². The molecule has 0 atom stereocenters. The van der Waals surface area contributed by atoms with Gasteiger partial charge in [-0.05, 0) is 36.4 Å². The van der Waals surface area contributed by atoms with Crippen molar-refractivity contribution in [3.63, 3.8) is 0 Å². The molecule has 0 amide bonds. The molecule has 2 aromatic carbocycles. The first-order valence-corrected chi connectivity index (χ1v) is 5.47. The standard InChI is InChI=1S/C14H14FNO2/c1-17-13-8-7-12(9-14(13)18-2)16-11-5-3-10(15)4-6-11/h3-9,16H,1-2H3. The number of halogens is 1. The first-order valence-electron chi connectivity index (χ1n) is 5.47. The fourth-order valence-corrected chi connectivity index (χ4v) is 1.61. The molecule has 0 radical (unpaired) electrons. The van der Waals surface area contributed by atoms with Crippen LogP contribution in [-0.4, -0.2) is 14.2 Å². The van der Waals surface area contributed by atoms with Crippen LogP contribution in [-0.2, 0) is 0 Å². The predicted molar refractivity (Wildman–Crippen MR) is 69.2 cm³/mol. The van der Waals surface area contributed by atoms with Crippen LogP contribution in [0.15, 0.2) is 42.5 Å². The number of ether oxygens (including phenoxy) is 2. The number of hydrogen-bond acceptors (Lipinski definition) is 3. The highest BCUT2D eigenvalue weighted by Crippen LogP contribution is 2.31. The monoisotopic (exact) mass is 247 g/mol. The minimum absolute atomic E-state index is 0.257. The fourth-order valence-electron chi connectivity index (χ4n) is 1.61. The van der Waals surface area contributed by atoms with Gasteiger partial charge in [-0.3, -0.25) is 0 Å². The Balaban J connectivity index is 2.21. The van der Waals surface area contributed by atoms with Crippen LogP contribution in [0, 0.1) is 5.82 Å². The molecule has 0 aliphatic carbocycles. The van der Waals surface area contributed by atoms with Crippen LogP contribution >= 0.6 is 0 Å². The second-order valence-electron chi connectivity index (χ2n) is 3.70. The summed E-state index contributed by atoms with van der Waals surface area (Å²) >= 11 is 0. The molecule has 18 heavy (non-hydrogen) atoms. The van der Waals surface area contributed by atoms with Crippen LogP contribution in [0.2, 0.25) is 0 Å². The number of rotatable bonds is 4. The van der Waals surface area contributed by atoms with Crippen molar-refractivity contribution in [3.05, 3.63) is 48.3 Å². The summed E-state index contributed by atoms with van der Waals surface area (Å²) < 4.78 is 23.1. The molecule has 0 unspecified atom stereocenters. The molecule has 0 saturated carbocycles. The van der Waals surface area contributed by atoms with Gasteiger partial charge in [-0.1, -0.05) is 0 Å². The smallest absolute Gasteiger partial charge is 0.162 e. The van der Waals surface area contributed by atoms with Gasteiger partial charge < -0.3 is 14.8 Å². The molecule has 0 aliphatic rings. The van der Waals surface area contributed by atoms with Gasteiger partial charge in [0.2, 0.25) is 0 Å². The van der Waals surface area contributed by atoms with Crippen LogP contribution in [0.5, 0.6) is 11.5 Å². The van der Waals surface area contributed by atoms with Crippen molar-refractivity contribution in [3.8, 4) is 11.5 Å². The number of anilines is 2. The maximum absolute atomic E-state index is 12.8. The van der Waals surface area contributed by atoms with E-state index in [1.807, 2.05) is 18.2 Å². The molecule has 1 N–H and O–H groups in total. The summed E-state index contributed by atoms with van der Waals surface area (Å²) in [6, 6.07) is 11.7. The lowest BCUT2D eigenvalue weighted by molar-refractivity contribution is 0.355. The third-order valence-electron chi connectivity index (χ3n) is 2.52. The third-order valence-corrected chi connectivity index (χ3v) is 2.52. The van der Waals surface area contributed by atoms with Gasteiger partial charge in [-0.25, -0.2) is 4.39 Å². The van der Waals surface area contributed by atoms with Gasteiger partial charge in [-0.2, -0.15) is 0 Å². The SMILES string of the molecule is COc1ccc(Nc2ccc(F)cc2)cc1OC. The van der Waals surface area contributed by atoms with Gasteiger partial charge in [0, 0.05) is 17.4 Å². The Morgan fingerprint density at radius 1 is 0.833 bits per heavy atom. The van der Waals surface area contributed by atoms with Crippen molar-refractivity contribution in [1.82, 2.24) is 0 Å². The van der Waals surface area contributed by atoms with E-state index in [9.17, 15) is 4.39 Å². The van der Waals surface area contributed by atoms with E-state index in [1.54, 1.807) is 26.4 Å². The van der Waals surface area contributed by atoms with E-state index in [2.05, 4.69) is 5.32 Å². The zero-order valence-corrected chi connectivity index (χ0v) is 10.2. The van der Waals surface area contributed by atoms with Crippen molar-refractivity contribution >= 4 is 11.4 Å². The van der Waals surface area contributed by atoms with E-state index >= 15 is 0 Å². The normalized spacial score (nSPS) is 9.94. The number of nitrogens with one attached hydrogen (secondary N) is 1. The van der Waals surface area contributed by atoms with Crippen molar-refractivity contribution < 1.29 is 13.9 Å². The molecule has 0 saturated heterocycles. The number of hydrogen-bond donors (Lipinski definition) is 1. The zero-order valence-electron chi connectivity index (χ0n) is 10.2. The largest absolute Gasteiger partial charge is 0.493 e. The van der Waals surface area contributed by atoms with E-state index < -0.39 is 0 Å². The second kappa shape index (κ2) is 5.40. The molecule has 0 aliphatic heterocycles. The highest BCUT2D eigenvalue weighted by atomic mass is 19.1. The molecule has 0 aromatic heterocycles. The lowest BCUT2D eigenvalue weighted by Crippen LogP contribution is -1.94. The quantitative estimate of drug-likeness (QED) is 0.895. The van der Waals surface area contributed by atoms with Gasteiger partial charge in [0.1, 0.15) is 5.82 Å². The minimum atomic E-state index is -0.257. The molecule has 2 aromatic rings. The summed E-state index contributed by atoms with van der Waals surface area (Å²) in [4.78, 5) is 0. The molecular weight excluding hydrogens is 233 g/mol. The van der Waals surface area contributed by atoms with Crippen LogP contribution < -0.4 is 14.8 Å². The second-order valence-corrected chi connectivity index (χ2v) is 3.70. The summed E-state index contributed by atoms with van der Waals surface area (Å²) in [5, 5.41) is 3.15. The van der Waals surface area contributed by atoms with Crippen LogP contribution in [0.1, 0.15) is 0 Å². The van der Waals surface area contributed by atoms with Gasteiger partial charge in [0.25, 0.3) is 0 Å². The Morgan fingerprint density at radius 2 is 1.44 bits per heavy atom. The van der Waals surface area contributed by atoms with Gasteiger partial charge in [0.05, 0.1) is 14.2 Å². The average Bonchev–Trinajstić information content (AvgIpc) is 2.41. The molecule has 0 fully saturated rings. The van der Waals surface area contributed by atoms with E-state index in [0.29, 0.717) is 11.5 Å². The average molecular weight is 247 g/mol. The summed E-state index contributed by atoms with van der Waals surface area (Å²) in [6.07, 6.45) is 0. The topological polar surface area (TPSA) is 30.5 Å². The number of methoxy groups -OCH3 is 2. The van der Waals surface area contributed by atoms with E-state index in [1.165, 1.54) is 12.1 Å². The molecular formula is C14H14FNO2. The molecule has 94 valence electrons. The Morgan fingerprint density at radius 3 is 2.06 bits per heavy atom. The highest BCUT2D eigenvalue weighted by Gasteiger charge is 2.04. The molecule has 0 heterocycles. The van der Waals surface area contributed by atoms with Crippen LogP contribution in [0.4, 0.5) is 15.8 Å². The molecule has 3 nitrogen and oxygen atoms in total. The zero-order chi connectivity index (χ0) is 13.0. The number of benzene rings is 2. The summed E-state index contributed by atoms with van der Waals surface area (Å²) in [5.74, 6) is 1.06. The fraction of sp³-hybridized carbons (Fsp3) is 0.143. The molecule has 0 spiro atoms. The molecule has 0 bridgehead atoms. The van der Waals surface area contributed by atoms with Crippen molar-refractivity contribution in [1.29, 1.82) is 0 Å². The maximum Gasteiger partial charge on any atom is 0.162 e. The highest BCUT2D eigenvalue weighted by molar-refractivity contribution is 5.63. The lowest BCUT2D eigenvalue weighted by Gasteiger charge is -2.11. The van der Waals surface area contributed by atoms with Gasteiger partial charge >= 0.3 is 0 Å². The van der Waals surface area contributed by atoms with Crippen LogP contribution in [0.3, 0.4) is 0 Å². The van der Waals surface area contributed by atoms with E-state index in [4.69, 9.17) is 9.47 Å². The minimum Gasteiger partial charge on any atom is -0.493 e. The summed E-state index contributed by atoms with van der Waals surface area (Å²) in [7, 11) is 3.17. The predicted octanol–water partition coefficient (Wildman–Crippen LogP) is 3.59. The summed E-state index contributed by atoms with van der Waals surface area (Å²) in [6.45, 7) is 0. The van der Waals surface area contributed by atoms with Crippen molar-refractivity contribution in [2.24, 2.45) is 0 Å². The van der Waals surface area contributed by atoms with Crippen molar-refractivity contribution in [2.45, 2.75) is 0 Å². The van der Waals surface area contributed by atoms with Crippen LogP contribution in [0.25, 0.3) is 0 Å². The Bertz CT molecular complexity index is 526. The van der Waals surface area contributed by atoms with Crippen molar-refractivity contribution in [2.75, 3.05) is 19.5 Å². The van der Waals surface area contributed by atoms with Gasteiger partial charge in [-0.15, -0.1) is 0 Å². The Kier molecular flexibility index (Phi) is 3.67. The third kappa shape index (κ3) is 2.71. The Hall–Kier alpha value is -2.23. The first-order chi connectivity index (χ1) is 8.72. The molecule has 4 heteroatoms. The summed E-state index contributed by atoms with van der Waals surface area (Å²) in [5.41, 5.74) is 1.66. The lowest BCUT2D eigenvalue weighted by atomic mass is 10.2. The Labute approximate surface area is 105 Å².